The third-order valence-electron chi connectivity index (χ3n) is 5.60. The number of para-hydroxylation sites is 1. The van der Waals surface area contributed by atoms with Gasteiger partial charge in [-0.05, 0) is 49.6 Å². The van der Waals surface area contributed by atoms with Gasteiger partial charge in [0.05, 0.1) is 15.7 Å². The largest absolute Gasteiger partial charge is 0.385 e. The SMILES string of the molecule is O=C(CON=C(c1ccc(=O)n(-c2c(Cl)cccc2Cl)c1)c1ccc(F)cc1F)N1CCCCC1. The van der Waals surface area contributed by atoms with Crippen molar-refractivity contribution >= 4 is 34.8 Å². The van der Waals surface area contributed by atoms with E-state index >= 15 is 0 Å². The van der Waals surface area contributed by atoms with Gasteiger partial charge in [-0.25, -0.2) is 8.78 Å². The smallest absolute Gasteiger partial charge is 0.263 e. The van der Waals surface area contributed by atoms with Gasteiger partial charge in [-0.15, -0.1) is 0 Å². The Hall–Kier alpha value is -3.23. The molecule has 4 rings (SSSR count). The second-order valence-electron chi connectivity index (χ2n) is 7.98. The number of piperidine rings is 1. The average molecular weight is 520 g/mol. The number of benzene rings is 2. The Morgan fingerprint density at radius 3 is 2.40 bits per heavy atom. The van der Waals surface area contributed by atoms with Gasteiger partial charge in [0.2, 0.25) is 0 Å². The number of hydrogen-bond acceptors (Lipinski definition) is 4. The van der Waals surface area contributed by atoms with Crippen molar-refractivity contribution in [3.63, 3.8) is 0 Å². The topological polar surface area (TPSA) is 63.9 Å². The molecule has 1 aliphatic rings. The fourth-order valence-corrected chi connectivity index (χ4v) is 4.43. The maximum atomic E-state index is 14.7. The maximum absolute atomic E-state index is 14.7. The van der Waals surface area contributed by atoms with Crippen LogP contribution in [0.3, 0.4) is 0 Å². The third-order valence-corrected chi connectivity index (χ3v) is 6.21. The summed E-state index contributed by atoms with van der Waals surface area (Å²) in [4.78, 5) is 32.1. The summed E-state index contributed by atoms with van der Waals surface area (Å²) in [6.07, 6.45) is 4.30. The van der Waals surface area contributed by atoms with Crippen LogP contribution >= 0.6 is 23.2 Å². The lowest BCUT2D eigenvalue weighted by Crippen LogP contribution is -2.37. The van der Waals surface area contributed by atoms with Crippen LogP contribution in [0.5, 0.6) is 0 Å². The summed E-state index contributed by atoms with van der Waals surface area (Å²) < 4.78 is 29.5. The number of hydrogen-bond donors (Lipinski definition) is 0. The van der Waals surface area contributed by atoms with E-state index in [9.17, 15) is 18.4 Å². The number of halogens is 4. The molecular formula is C25H21Cl2F2N3O3. The van der Waals surface area contributed by atoms with Crippen LogP contribution in [0.1, 0.15) is 30.4 Å². The van der Waals surface area contributed by atoms with Crippen molar-refractivity contribution in [2.45, 2.75) is 19.3 Å². The molecule has 1 aromatic heterocycles. The lowest BCUT2D eigenvalue weighted by atomic mass is 10.0. The summed E-state index contributed by atoms with van der Waals surface area (Å²) in [5, 5.41) is 4.48. The summed E-state index contributed by atoms with van der Waals surface area (Å²) in [7, 11) is 0. The van der Waals surface area contributed by atoms with Gasteiger partial charge in [0.25, 0.3) is 11.5 Å². The quantitative estimate of drug-likeness (QED) is 0.332. The van der Waals surface area contributed by atoms with Crippen LogP contribution in [0.25, 0.3) is 5.69 Å². The van der Waals surface area contributed by atoms with Crippen molar-refractivity contribution in [3.05, 3.63) is 97.9 Å². The van der Waals surface area contributed by atoms with Crippen LogP contribution in [0.2, 0.25) is 10.0 Å². The van der Waals surface area contributed by atoms with E-state index in [0.29, 0.717) is 19.2 Å². The number of likely N-dealkylation sites (tertiary alicyclic amines) is 1. The van der Waals surface area contributed by atoms with Crippen molar-refractivity contribution in [1.82, 2.24) is 9.47 Å². The van der Waals surface area contributed by atoms with Crippen LogP contribution in [-0.2, 0) is 9.63 Å². The minimum absolute atomic E-state index is 0.0362. The molecule has 0 saturated carbocycles. The predicted octanol–water partition coefficient (Wildman–Crippen LogP) is 5.20. The minimum atomic E-state index is -0.886. The number of aromatic nitrogens is 1. The van der Waals surface area contributed by atoms with Gasteiger partial charge in [-0.3, -0.25) is 14.2 Å². The fraction of sp³-hybridized carbons (Fsp3) is 0.240. The standard InChI is InChI=1S/C25H21Cl2F2N3O3/c26-19-5-4-6-20(27)25(19)32-14-16(7-10-22(32)33)24(18-9-8-17(28)13-21(18)29)30-35-15-23(34)31-11-2-1-3-12-31/h4-10,13-14H,1-3,11-12,15H2. The summed E-state index contributed by atoms with van der Waals surface area (Å²) in [5.74, 6) is -1.89. The normalized spacial score (nSPS) is 14.2. The number of carbonyl (C=O) groups excluding carboxylic acids is 1. The molecule has 35 heavy (non-hydrogen) atoms. The molecule has 2 heterocycles. The lowest BCUT2D eigenvalue weighted by molar-refractivity contribution is -0.137. The van der Waals surface area contributed by atoms with Crippen LogP contribution in [0.15, 0.2) is 64.7 Å². The van der Waals surface area contributed by atoms with E-state index < -0.39 is 17.2 Å². The number of amides is 1. The molecule has 0 bridgehead atoms. The molecule has 1 aliphatic heterocycles. The second kappa shape index (κ2) is 11.0. The molecule has 0 unspecified atom stereocenters. The Bertz CT molecular complexity index is 1320. The van der Waals surface area contributed by atoms with E-state index in [2.05, 4.69) is 5.16 Å². The number of pyridine rings is 1. The van der Waals surface area contributed by atoms with Gasteiger partial charge in [-0.1, -0.05) is 34.4 Å². The Balaban J connectivity index is 1.73. The van der Waals surface area contributed by atoms with Gasteiger partial charge in [-0.2, -0.15) is 0 Å². The predicted molar refractivity (Wildman–Crippen MR) is 130 cm³/mol. The van der Waals surface area contributed by atoms with Crippen molar-refractivity contribution in [3.8, 4) is 5.69 Å². The summed E-state index contributed by atoms with van der Waals surface area (Å²) in [5.41, 5.74) is -0.0543. The summed E-state index contributed by atoms with van der Waals surface area (Å²) in [6.45, 7) is 0.951. The zero-order valence-corrected chi connectivity index (χ0v) is 20.0. The third kappa shape index (κ3) is 5.71. The molecule has 0 spiro atoms. The van der Waals surface area contributed by atoms with E-state index in [-0.39, 0.29) is 45.1 Å². The van der Waals surface area contributed by atoms with E-state index in [1.807, 2.05) is 0 Å². The average Bonchev–Trinajstić information content (AvgIpc) is 2.84. The van der Waals surface area contributed by atoms with E-state index in [1.165, 1.54) is 29.0 Å². The summed E-state index contributed by atoms with van der Waals surface area (Å²) in [6, 6.07) is 10.4. The lowest BCUT2D eigenvalue weighted by Gasteiger charge is -2.26. The van der Waals surface area contributed by atoms with E-state index in [4.69, 9.17) is 28.0 Å². The maximum Gasteiger partial charge on any atom is 0.263 e. The highest BCUT2D eigenvalue weighted by atomic mass is 35.5. The fourth-order valence-electron chi connectivity index (χ4n) is 3.85. The molecule has 182 valence electrons. The van der Waals surface area contributed by atoms with Gasteiger partial charge in [0.15, 0.2) is 6.61 Å². The minimum Gasteiger partial charge on any atom is -0.385 e. The van der Waals surface area contributed by atoms with Gasteiger partial charge in [0.1, 0.15) is 17.3 Å². The Morgan fingerprint density at radius 1 is 1.00 bits per heavy atom. The van der Waals surface area contributed by atoms with Gasteiger partial charge < -0.3 is 9.74 Å². The van der Waals surface area contributed by atoms with Crippen LogP contribution < -0.4 is 5.56 Å². The number of carbonyl (C=O) groups is 1. The highest BCUT2D eigenvalue weighted by molar-refractivity contribution is 6.37. The first kappa shape index (κ1) is 24.9. The first-order chi connectivity index (χ1) is 16.8. The van der Waals surface area contributed by atoms with Crippen molar-refractivity contribution in [2.24, 2.45) is 5.16 Å². The molecule has 1 saturated heterocycles. The Kier molecular flexibility index (Phi) is 7.83. The van der Waals surface area contributed by atoms with Crippen molar-refractivity contribution < 1.29 is 18.4 Å². The van der Waals surface area contributed by atoms with Crippen LogP contribution in [0, 0.1) is 11.6 Å². The highest BCUT2D eigenvalue weighted by Crippen LogP contribution is 2.28. The molecule has 6 nitrogen and oxygen atoms in total. The van der Waals surface area contributed by atoms with Gasteiger partial charge >= 0.3 is 0 Å². The zero-order valence-electron chi connectivity index (χ0n) is 18.5. The molecule has 0 atom stereocenters. The molecule has 0 radical (unpaired) electrons. The monoisotopic (exact) mass is 519 g/mol. The number of oxime groups is 1. The van der Waals surface area contributed by atoms with Crippen molar-refractivity contribution in [1.29, 1.82) is 0 Å². The Morgan fingerprint density at radius 2 is 1.71 bits per heavy atom. The second-order valence-corrected chi connectivity index (χ2v) is 8.79. The molecule has 0 N–H and O–H groups in total. The molecule has 10 heteroatoms. The van der Waals surface area contributed by atoms with E-state index in [1.54, 1.807) is 23.1 Å². The molecular weight excluding hydrogens is 499 g/mol. The number of rotatable bonds is 6. The molecule has 1 amide bonds. The van der Waals surface area contributed by atoms with E-state index in [0.717, 1.165) is 25.3 Å². The first-order valence-corrected chi connectivity index (χ1v) is 11.7. The number of nitrogens with zero attached hydrogens (tertiary/aromatic N) is 3. The molecule has 0 aliphatic carbocycles. The van der Waals surface area contributed by atoms with Crippen LogP contribution in [0.4, 0.5) is 8.78 Å². The summed E-state index contributed by atoms with van der Waals surface area (Å²) >= 11 is 12.6. The molecule has 1 fully saturated rings. The molecule has 3 aromatic rings. The van der Waals surface area contributed by atoms with Crippen molar-refractivity contribution in [2.75, 3.05) is 19.7 Å². The molecule has 2 aromatic carbocycles. The van der Waals surface area contributed by atoms with Crippen LogP contribution in [-0.4, -0.2) is 40.8 Å². The van der Waals surface area contributed by atoms with Gasteiger partial charge in [0, 0.05) is 42.5 Å². The zero-order chi connectivity index (χ0) is 24.9. The Labute approximate surface area is 210 Å². The first-order valence-electron chi connectivity index (χ1n) is 11.0. The highest BCUT2D eigenvalue weighted by Gasteiger charge is 2.19.